The molecular weight excluding hydrogens is 296 g/mol. The summed E-state index contributed by atoms with van der Waals surface area (Å²) in [5, 5.41) is 3.26. The topological polar surface area (TPSA) is 34.6 Å². The second-order valence-electron chi connectivity index (χ2n) is 5.71. The normalized spacial score (nSPS) is 18.3. The van der Waals surface area contributed by atoms with E-state index < -0.39 is 0 Å². The monoisotopic (exact) mass is 318 g/mol. The second-order valence-corrected chi connectivity index (χ2v) is 6.55. The van der Waals surface area contributed by atoms with Crippen molar-refractivity contribution in [1.82, 2.24) is 4.98 Å². The fourth-order valence-electron chi connectivity index (χ4n) is 2.75. The largest absolute Gasteiger partial charge is 0.497 e. The minimum Gasteiger partial charge on any atom is -0.497 e. The number of ether oxygens (including phenoxy) is 2. The number of anilines is 1. The molecule has 118 valence electrons. The summed E-state index contributed by atoms with van der Waals surface area (Å²) in [7, 11) is 1.67. The Kier molecular flexibility index (Phi) is 4.83. The van der Waals surface area contributed by atoms with Crippen LogP contribution in [0.15, 0.2) is 29.6 Å². The summed E-state index contributed by atoms with van der Waals surface area (Å²) in [6.07, 6.45) is 2.42. The highest BCUT2D eigenvalue weighted by atomic mass is 32.1. The van der Waals surface area contributed by atoms with Crippen LogP contribution in [-0.2, 0) is 0 Å². The van der Waals surface area contributed by atoms with E-state index in [0.29, 0.717) is 5.92 Å². The number of aryl methyl sites for hydroxylation is 1. The highest BCUT2D eigenvalue weighted by molar-refractivity contribution is 7.13. The molecule has 2 aromatic rings. The van der Waals surface area contributed by atoms with Crippen molar-refractivity contribution >= 4 is 16.5 Å². The molecule has 0 N–H and O–H groups in total. The lowest BCUT2D eigenvalue weighted by Crippen LogP contribution is -2.37. The molecular formula is C17H22N2O2S. The first-order valence-corrected chi connectivity index (χ1v) is 8.56. The lowest BCUT2D eigenvalue weighted by atomic mass is 9.99. The summed E-state index contributed by atoms with van der Waals surface area (Å²) in [6, 6.07) is 7.79. The number of methoxy groups -OCH3 is 1. The predicted octanol–water partition coefficient (Wildman–Crippen LogP) is 3.76. The summed E-state index contributed by atoms with van der Waals surface area (Å²) in [4.78, 5) is 6.99. The first-order valence-electron chi connectivity index (χ1n) is 7.68. The highest BCUT2D eigenvalue weighted by Crippen LogP contribution is 2.27. The maximum Gasteiger partial charge on any atom is 0.185 e. The SMILES string of the molecule is COc1ccc(OC[C@@H]2CCCN(c3nc(C)cs3)C2)cc1. The molecule has 0 aliphatic carbocycles. The van der Waals surface area contributed by atoms with Gasteiger partial charge >= 0.3 is 0 Å². The standard InChI is InChI=1S/C17H22N2O2S/c1-13-12-22-17(18-13)19-9-3-4-14(10-19)11-21-16-7-5-15(20-2)6-8-16/h5-8,12,14H,3-4,9-11H2,1-2H3/t14-/m1/s1. The fourth-order valence-corrected chi connectivity index (χ4v) is 3.59. The van der Waals surface area contributed by atoms with Gasteiger partial charge in [0.25, 0.3) is 0 Å². The molecule has 0 radical (unpaired) electrons. The molecule has 1 aromatic carbocycles. The van der Waals surface area contributed by atoms with E-state index in [0.717, 1.165) is 42.0 Å². The minimum absolute atomic E-state index is 0.556. The van der Waals surface area contributed by atoms with Crippen LogP contribution in [0.3, 0.4) is 0 Å². The zero-order chi connectivity index (χ0) is 15.4. The van der Waals surface area contributed by atoms with Crippen molar-refractivity contribution in [3.05, 3.63) is 35.3 Å². The Labute approximate surface area is 135 Å². The van der Waals surface area contributed by atoms with Gasteiger partial charge in [0.2, 0.25) is 0 Å². The van der Waals surface area contributed by atoms with Crippen molar-refractivity contribution in [3.8, 4) is 11.5 Å². The van der Waals surface area contributed by atoms with Crippen LogP contribution in [0.25, 0.3) is 0 Å². The number of nitrogens with zero attached hydrogens (tertiary/aromatic N) is 2. The van der Waals surface area contributed by atoms with E-state index in [4.69, 9.17) is 9.47 Å². The van der Waals surface area contributed by atoms with E-state index in [9.17, 15) is 0 Å². The minimum atomic E-state index is 0.556. The van der Waals surface area contributed by atoms with Gasteiger partial charge in [-0.25, -0.2) is 4.98 Å². The highest BCUT2D eigenvalue weighted by Gasteiger charge is 2.22. The van der Waals surface area contributed by atoms with Gasteiger partial charge in [-0.3, -0.25) is 0 Å². The van der Waals surface area contributed by atoms with Crippen molar-refractivity contribution in [2.45, 2.75) is 19.8 Å². The maximum atomic E-state index is 5.94. The van der Waals surface area contributed by atoms with E-state index in [1.807, 2.05) is 31.2 Å². The molecule has 1 aliphatic heterocycles. The van der Waals surface area contributed by atoms with Gasteiger partial charge in [-0.15, -0.1) is 11.3 Å². The van der Waals surface area contributed by atoms with Crippen LogP contribution in [0.2, 0.25) is 0 Å². The Balaban J connectivity index is 1.53. The molecule has 0 unspecified atom stereocenters. The predicted molar refractivity (Wildman–Crippen MR) is 90.3 cm³/mol. The number of thiazole rings is 1. The molecule has 3 rings (SSSR count). The fraction of sp³-hybridized carbons (Fsp3) is 0.471. The van der Waals surface area contributed by atoms with Crippen LogP contribution in [0.5, 0.6) is 11.5 Å². The average molecular weight is 318 g/mol. The summed E-state index contributed by atoms with van der Waals surface area (Å²) in [5.74, 6) is 2.32. The third kappa shape index (κ3) is 3.71. The van der Waals surface area contributed by atoms with Gasteiger partial charge in [0.1, 0.15) is 11.5 Å². The second kappa shape index (κ2) is 7.01. The Bertz CT molecular complexity index is 597. The Hall–Kier alpha value is -1.75. The molecule has 22 heavy (non-hydrogen) atoms. The Morgan fingerprint density at radius 2 is 2.05 bits per heavy atom. The molecule has 0 saturated carbocycles. The van der Waals surface area contributed by atoms with E-state index in [2.05, 4.69) is 15.3 Å². The van der Waals surface area contributed by atoms with Crippen molar-refractivity contribution in [3.63, 3.8) is 0 Å². The number of hydrogen-bond acceptors (Lipinski definition) is 5. The lowest BCUT2D eigenvalue weighted by Gasteiger charge is -2.32. The third-order valence-corrected chi connectivity index (χ3v) is 4.96. The van der Waals surface area contributed by atoms with Crippen LogP contribution >= 0.6 is 11.3 Å². The Morgan fingerprint density at radius 3 is 2.73 bits per heavy atom. The number of piperidine rings is 1. The summed E-state index contributed by atoms with van der Waals surface area (Å²) in [5.41, 5.74) is 1.11. The van der Waals surface area contributed by atoms with Crippen molar-refractivity contribution in [2.24, 2.45) is 5.92 Å². The van der Waals surface area contributed by atoms with E-state index in [1.54, 1.807) is 18.4 Å². The molecule has 0 amide bonds. The molecule has 4 nitrogen and oxygen atoms in total. The van der Waals surface area contributed by atoms with E-state index in [-0.39, 0.29) is 0 Å². The molecule has 1 aromatic heterocycles. The quantitative estimate of drug-likeness (QED) is 0.841. The summed E-state index contributed by atoms with van der Waals surface area (Å²) >= 11 is 1.74. The molecule has 1 aliphatic rings. The van der Waals surface area contributed by atoms with Crippen LogP contribution < -0.4 is 14.4 Å². The van der Waals surface area contributed by atoms with Crippen molar-refractivity contribution < 1.29 is 9.47 Å². The van der Waals surface area contributed by atoms with Gasteiger partial charge in [-0.2, -0.15) is 0 Å². The Morgan fingerprint density at radius 1 is 1.27 bits per heavy atom. The van der Waals surface area contributed by atoms with Crippen molar-refractivity contribution in [1.29, 1.82) is 0 Å². The number of hydrogen-bond donors (Lipinski definition) is 0. The number of rotatable bonds is 5. The molecule has 1 fully saturated rings. The summed E-state index contributed by atoms with van der Waals surface area (Å²) < 4.78 is 11.1. The molecule has 1 atom stereocenters. The van der Waals surface area contributed by atoms with E-state index >= 15 is 0 Å². The van der Waals surface area contributed by atoms with E-state index in [1.165, 1.54) is 12.8 Å². The van der Waals surface area contributed by atoms with Crippen LogP contribution in [0.4, 0.5) is 5.13 Å². The lowest BCUT2D eigenvalue weighted by molar-refractivity contribution is 0.228. The van der Waals surface area contributed by atoms with Gasteiger partial charge < -0.3 is 14.4 Å². The molecule has 0 spiro atoms. The smallest absolute Gasteiger partial charge is 0.185 e. The van der Waals surface area contributed by atoms with Crippen LogP contribution in [0.1, 0.15) is 18.5 Å². The van der Waals surface area contributed by atoms with Gasteiger partial charge in [0.15, 0.2) is 5.13 Å². The zero-order valence-corrected chi connectivity index (χ0v) is 13.9. The summed E-state index contributed by atoms with van der Waals surface area (Å²) in [6.45, 7) is 4.94. The van der Waals surface area contributed by atoms with Crippen LogP contribution in [-0.4, -0.2) is 31.8 Å². The first kappa shape index (κ1) is 15.2. The van der Waals surface area contributed by atoms with Gasteiger partial charge in [0.05, 0.1) is 19.4 Å². The molecule has 1 saturated heterocycles. The first-order chi connectivity index (χ1) is 10.7. The molecule has 5 heteroatoms. The maximum absolute atomic E-state index is 5.94. The number of benzene rings is 1. The molecule has 0 bridgehead atoms. The zero-order valence-electron chi connectivity index (χ0n) is 13.1. The van der Waals surface area contributed by atoms with Gasteiger partial charge in [-0.05, 0) is 44.0 Å². The number of aromatic nitrogens is 1. The van der Waals surface area contributed by atoms with Gasteiger partial charge in [-0.1, -0.05) is 0 Å². The molecule has 2 heterocycles. The van der Waals surface area contributed by atoms with Crippen molar-refractivity contribution in [2.75, 3.05) is 31.7 Å². The van der Waals surface area contributed by atoms with Gasteiger partial charge in [0, 0.05) is 24.4 Å². The van der Waals surface area contributed by atoms with Crippen LogP contribution in [0, 0.1) is 12.8 Å². The third-order valence-electron chi connectivity index (χ3n) is 3.94. The average Bonchev–Trinajstić information content (AvgIpc) is 3.00.